The number of pyridine rings is 1. The summed E-state index contributed by atoms with van der Waals surface area (Å²) in [6.45, 7) is -0.0987. The maximum Gasteiger partial charge on any atom is 0.257 e. The number of benzene rings is 1. The molecular formula is C26H31ClFN3O5S. The molecule has 1 saturated heterocycles. The monoisotopic (exact) mass is 551 g/mol. The molecule has 1 aliphatic heterocycles. The van der Waals surface area contributed by atoms with Crippen LogP contribution in [-0.4, -0.2) is 64.8 Å². The van der Waals surface area contributed by atoms with Gasteiger partial charge < -0.3 is 25.2 Å². The summed E-state index contributed by atoms with van der Waals surface area (Å²) in [7, 11) is 0. The molecular weight excluding hydrogens is 521 g/mol. The average molecular weight is 552 g/mol. The number of carbonyl (C=O) groups is 2. The first-order chi connectivity index (χ1) is 17.9. The van der Waals surface area contributed by atoms with E-state index in [-0.39, 0.29) is 48.8 Å². The molecule has 1 aromatic carbocycles. The summed E-state index contributed by atoms with van der Waals surface area (Å²) in [5, 5.41) is 15.4. The number of ether oxygens (including phenoxy) is 2. The van der Waals surface area contributed by atoms with Crippen LogP contribution >= 0.6 is 23.4 Å². The lowest BCUT2D eigenvalue weighted by molar-refractivity contribution is 0.0883. The number of halogens is 2. The molecule has 8 nitrogen and oxygen atoms in total. The molecule has 2 heterocycles. The smallest absolute Gasteiger partial charge is 0.257 e. The van der Waals surface area contributed by atoms with Gasteiger partial charge in [-0.05, 0) is 74.3 Å². The third-order valence-electron chi connectivity index (χ3n) is 6.44. The van der Waals surface area contributed by atoms with Crippen LogP contribution in [0.5, 0.6) is 11.6 Å². The molecule has 2 aliphatic rings. The number of nitrogens with zero attached hydrogens (tertiary/aromatic N) is 1. The van der Waals surface area contributed by atoms with Gasteiger partial charge in [0.15, 0.2) is 0 Å². The summed E-state index contributed by atoms with van der Waals surface area (Å²) in [6.07, 6.45) is 5.40. The van der Waals surface area contributed by atoms with Crippen LogP contribution in [0.4, 0.5) is 4.39 Å². The molecule has 1 saturated carbocycles. The van der Waals surface area contributed by atoms with Gasteiger partial charge in [0.05, 0.1) is 18.4 Å². The van der Waals surface area contributed by atoms with Gasteiger partial charge in [0, 0.05) is 17.1 Å². The Hall–Kier alpha value is -2.56. The van der Waals surface area contributed by atoms with Gasteiger partial charge in [-0.15, -0.1) is 0 Å². The molecule has 0 unspecified atom stereocenters. The first-order valence-electron chi connectivity index (χ1n) is 12.5. The first kappa shape index (κ1) is 27.5. The van der Waals surface area contributed by atoms with Gasteiger partial charge in [0.25, 0.3) is 11.8 Å². The number of aliphatic hydroxyl groups excluding tert-OH is 1. The third kappa shape index (κ3) is 7.72. The minimum absolute atomic E-state index is 0.0288. The van der Waals surface area contributed by atoms with Crippen molar-refractivity contribution >= 4 is 35.2 Å². The van der Waals surface area contributed by atoms with Crippen molar-refractivity contribution in [1.29, 1.82) is 0 Å². The van der Waals surface area contributed by atoms with Gasteiger partial charge >= 0.3 is 0 Å². The van der Waals surface area contributed by atoms with E-state index in [9.17, 15) is 14.0 Å². The molecule has 11 heteroatoms. The first-order valence-corrected chi connectivity index (χ1v) is 14.0. The molecule has 0 atom stereocenters. The SMILES string of the molecule is O=C(NC1CCC(NC(=O)c2cc(F)cnc2OC2CCSCC2)CC1)c1cc(Cl)ccc1OCCO. The molecule has 1 aliphatic carbocycles. The summed E-state index contributed by atoms with van der Waals surface area (Å²) in [5.74, 6) is 1.18. The van der Waals surface area contributed by atoms with Gasteiger partial charge in [0.2, 0.25) is 5.88 Å². The van der Waals surface area contributed by atoms with Crippen molar-refractivity contribution in [2.45, 2.75) is 56.7 Å². The maximum absolute atomic E-state index is 13.9. The van der Waals surface area contributed by atoms with Crippen molar-refractivity contribution in [2.75, 3.05) is 24.7 Å². The van der Waals surface area contributed by atoms with E-state index in [0.717, 1.165) is 30.5 Å². The Morgan fingerprint density at radius 1 is 1.03 bits per heavy atom. The number of aromatic nitrogens is 1. The van der Waals surface area contributed by atoms with Crippen molar-refractivity contribution in [3.8, 4) is 11.6 Å². The van der Waals surface area contributed by atoms with E-state index in [1.54, 1.807) is 12.1 Å². The summed E-state index contributed by atoms with van der Waals surface area (Å²) in [4.78, 5) is 29.9. The molecule has 2 aromatic rings. The van der Waals surface area contributed by atoms with Crippen LogP contribution in [-0.2, 0) is 0 Å². The van der Waals surface area contributed by atoms with E-state index < -0.39 is 11.7 Å². The number of nitrogens with one attached hydrogen (secondary N) is 2. The Morgan fingerprint density at radius 3 is 2.32 bits per heavy atom. The van der Waals surface area contributed by atoms with Crippen molar-refractivity contribution in [1.82, 2.24) is 15.6 Å². The summed E-state index contributed by atoms with van der Waals surface area (Å²) >= 11 is 7.93. The standard InChI is InChI=1S/C26H31ClFN3O5S/c27-16-1-6-23(35-10-9-32)21(13-16)24(33)30-18-2-4-19(5-3-18)31-25(34)22-14-17(28)15-29-26(22)36-20-7-11-37-12-8-20/h1,6,13-15,18-20,32H,2-5,7-12H2,(H,30,33)(H,31,34). The highest BCUT2D eigenvalue weighted by atomic mass is 35.5. The zero-order chi connectivity index (χ0) is 26.2. The van der Waals surface area contributed by atoms with Gasteiger partial charge in [-0.1, -0.05) is 11.6 Å². The molecule has 2 fully saturated rings. The second kappa shape index (κ2) is 13.3. The van der Waals surface area contributed by atoms with Crippen LogP contribution in [0, 0.1) is 5.82 Å². The number of rotatable bonds is 9. The molecule has 3 N–H and O–H groups in total. The average Bonchev–Trinajstić information content (AvgIpc) is 2.90. The molecule has 0 spiro atoms. The number of carbonyl (C=O) groups excluding carboxylic acids is 2. The second-order valence-corrected chi connectivity index (χ2v) is 10.8. The Kier molecular flexibility index (Phi) is 9.88. The fraction of sp³-hybridized carbons (Fsp3) is 0.500. The van der Waals surface area contributed by atoms with E-state index in [0.29, 0.717) is 42.0 Å². The van der Waals surface area contributed by atoms with E-state index in [2.05, 4.69) is 15.6 Å². The summed E-state index contributed by atoms with van der Waals surface area (Å²) in [6, 6.07) is 5.74. The van der Waals surface area contributed by atoms with E-state index in [4.69, 9.17) is 26.2 Å². The predicted octanol–water partition coefficient (Wildman–Crippen LogP) is 3.99. The van der Waals surface area contributed by atoms with Crippen molar-refractivity contribution in [3.63, 3.8) is 0 Å². The number of amides is 2. The topological polar surface area (TPSA) is 110 Å². The van der Waals surface area contributed by atoms with Crippen LogP contribution in [0.15, 0.2) is 30.5 Å². The quantitative estimate of drug-likeness (QED) is 0.432. The number of hydrogen-bond acceptors (Lipinski definition) is 7. The lowest BCUT2D eigenvalue weighted by Crippen LogP contribution is -2.44. The predicted molar refractivity (Wildman–Crippen MR) is 140 cm³/mol. The van der Waals surface area contributed by atoms with Crippen molar-refractivity contribution in [2.24, 2.45) is 0 Å². The molecule has 4 rings (SSSR count). The van der Waals surface area contributed by atoms with Crippen LogP contribution < -0.4 is 20.1 Å². The number of thioether (sulfide) groups is 1. The zero-order valence-electron chi connectivity index (χ0n) is 20.4. The van der Waals surface area contributed by atoms with Crippen LogP contribution in [0.25, 0.3) is 0 Å². The largest absolute Gasteiger partial charge is 0.490 e. The molecule has 0 radical (unpaired) electrons. The van der Waals surface area contributed by atoms with E-state index in [1.807, 2.05) is 11.8 Å². The Labute approximate surface area is 224 Å². The van der Waals surface area contributed by atoms with Gasteiger partial charge in [-0.2, -0.15) is 11.8 Å². The Bertz CT molecular complexity index is 1090. The van der Waals surface area contributed by atoms with Gasteiger partial charge in [-0.3, -0.25) is 9.59 Å². The highest BCUT2D eigenvalue weighted by molar-refractivity contribution is 7.99. The lowest BCUT2D eigenvalue weighted by atomic mass is 9.90. The molecule has 1 aromatic heterocycles. The fourth-order valence-corrected chi connectivity index (χ4v) is 5.74. The molecule has 2 amide bonds. The van der Waals surface area contributed by atoms with Crippen LogP contribution in [0.3, 0.4) is 0 Å². The van der Waals surface area contributed by atoms with Gasteiger partial charge in [0.1, 0.15) is 29.8 Å². The third-order valence-corrected chi connectivity index (χ3v) is 7.73. The minimum Gasteiger partial charge on any atom is -0.490 e. The summed E-state index contributed by atoms with van der Waals surface area (Å²) in [5.41, 5.74) is 0.407. The zero-order valence-corrected chi connectivity index (χ0v) is 22.0. The molecule has 200 valence electrons. The normalized spacial score (nSPS) is 20.2. The van der Waals surface area contributed by atoms with E-state index in [1.165, 1.54) is 12.1 Å². The molecule has 37 heavy (non-hydrogen) atoms. The van der Waals surface area contributed by atoms with Crippen molar-refractivity contribution < 1.29 is 28.6 Å². The number of hydrogen-bond donors (Lipinski definition) is 3. The van der Waals surface area contributed by atoms with Crippen LogP contribution in [0.1, 0.15) is 59.2 Å². The Morgan fingerprint density at radius 2 is 1.68 bits per heavy atom. The summed E-state index contributed by atoms with van der Waals surface area (Å²) < 4.78 is 25.4. The second-order valence-electron chi connectivity index (χ2n) is 9.14. The lowest BCUT2D eigenvalue weighted by Gasteiger charge is -2.30. The van der Waals surface area contributed by atoms with Crippen LogP contribution in [0.2, 0.25) is 5.02 Å². The van der Waals surface area contributed by atoms with Crippen molar-refractivity contribution in [3.05, 3.63) is 52.4 Å². The highest BCUT2D eigenvalue weighted by Crippen LogP contribution is 2.27. The maximum atomic E-state index is 13.9. The highest BCUT2D eigenvalue weighted by Gasteiger charge is 2.27. The fourth-order valence-electron chi connectivity index (χ4n) is 4.50. The minimum atomic E-state index is -0.591. The Balaban J connectivity index is 1.31. The molecule has 0 bridgehead atoms. The van der Waals surface area contributed by atoms with E-state index >= 15 is 0 Å². The van der Waals surface area contributed by atoms with Gasteiger partial charge in [-0.25, -0.2) is 9.37 Å². The number of aliphatic hydroxyl groups is 1.